The predicted molar refractivity (Wildman–Crippen MR) is 108 cm³/mol. The Morgan fingerprint density at radius 2 is 2.00 bits per heavy atom. The molecule has 0 radical (unpaired) electrons. The smallest absolute Gasteiger partial charge is 0.270 e. The molecule has 6 heteroatoms. The number of carbonyl (C=O) groups is 1. The molecule has 0 aliphatic carbocycles. The molecule has 0 unspecified atom stereocenters. The fourth-order valence-corrected chi connectivity index (χ4v) is 3.47. The lowest BCUT2D eigenvalue weighted by Gasteiger charge is -2.08. The molecule has 1 aliphatic rings. The monoisotopic (exact) mass is 371 g/mol. The fraction of sp³-hybridized carbons (Fsp3) is 0.0909. The van der Waals surface area contributed by atoms with Crippen LogP contribution in [0.3, 0.4) is 0 Å². The third kappa shape index (κ3) is 2.58. The van der Waals surface area contributed by atoms with Gasteiger partial charge in [-0.25, -0.2) is 4.98 Å². The number of pyridine rings is 1. The van der Waals surface area contributed by atoms with Crippen molar-refractivity contribution in [1.82, 2.24) is 15.3 Å². The molecule has 0 spiro atoms. The highest BCUT2D eigenvalue weighted by Gasteiger charge is 2.19. The highest BCUT2D eigenvalue weighted by molar-refractivity contribution is 6.13. The van der Waals surface area contributed by atoms with Crippen molar-refractivity contribution in [2.45, 2.75) is 0 Å². The highest BCUT2D eigenvalue weighted by atomic mass is 16.7. The van der Waals surface area contributed by atoms with E-state index < -0.39 is 0 Å². The van der Waals surface area contributed by atoms with E-state index >= 15 is 0 Å². The van der Waals surface area contributed by atoms with Gasteiger partial charge in [0.1, 0.15) is 5.69 Å². The highest BCUT2D eigenvalue weighted by Crippen LogP contribution is 2.38. The van der Waals surface area contributed by atoms with E-state index in [1.54, 1.807) is 6.08 Å². The van der Waals surface area contributed by atoms with Gasteiger partial charge in [-0.1, -0.05) is 24.3 Å². The molecule has 0 bridgehead atoms. The van der Waals surface area contributed by atoms with Gasteiger partial charge in [0.15, 0.2) is 11.5 Å². The average Bonchev–Trinajstić information content (AvgIpc) is 3.35. The lowest BCUT2D eigenvalue weighted by atomic mass is 10.1. The Bertz CT molecular complexity index is 1240. The van der Waals surface area contributed by atoms with Crippen LogP contribution in [0.2, 0.25) is 0 Å². The van der Waals surface area contributed by atoms with E-state index in [9.17, 15) is 4.79 Å². The number of benzene rings is 2. The summed E-state index contributed by atoms with van der Waals surface area (Å²) in [6.45, 7) is 4.23. The minimum absolute atomic E-state index is 0.206. The van der Waals surface area contributed by atoms with E-state index in [2.05, 4.69) is 21.9 Å². The summed E-state index contributed by atoms with van der Waals surface area (Å²) in [5.41, 5.74) is 3.76. The number of fused-ring (bicyclic) bond motifs is 4. The number of rotatable bonds is 4. The maximum absolute atomic E-state index is 12.6. The van der Waals surface area contributed by atoms with E-state index in [4.69, 9.17) is 9.47 Å². The molecule has 2 aromatic heterocycles. The van der Waals surface area contributed by atoms with Gasteiger partial charge in [-0.15, -0.1) is 6.58 Å². The van der Waals surface area contributed by atoms with Gasteiger partial charge < -0.3 is 19.8 Å². The SMILES string of the molecule is C=CCNC(=O)c1cc2c([nH]c3ccccc32)c(-c2ccc3c(c2)OCO3)n1. The molecule has 2 aromatic carbocycles. The van der Waals surface area contributed by atoms with Gasteiger partial charge >= 0.3 is 0 Å². The molecule has 1 amide bonds. The molecule has 4 aromatic rings. The van der Waals surface area contributed by atoms with E-state index in [-0.39, 0.29) is 12.7 Å². The molecule has 6 nitrogen and oxygen atoms in total. The fourth-order valence-electron chi connectivity index (χ4n) is 3.47. The summed E-state index contributed by atoms with van der Waals surface area (Å²) in [7, 11) is 0. The largest absolute Gasteiger partial charge is 0.454 e. The second kappa shape index (κ2) is 6.42. The number of amides is 1. The molecule has 1 aliphatic heterocycles. The zero-order valence-corrected chi connectivity index (χ0v) is 15.0. The Morgan fingerprint density at radius 3 is 2.89 bits per heavy atom. The number of ether oxygens (including phenoxy) is 2. The first-order valence-corrected chi connectivity index (χ1v) is 8.95. The number of hydrogen-bond acceptors (Lipinski definition) is 4. The van der Waals surface area contributed by atoms with Crippen LogP contribution in [0, 0.1) is 0 Å². The van der Waals surface area contributed by atoms with Crippen molar-refractivity contribution in [1.29, 1.82) is 0 Å². The summed E-state index contributed by atoms with van der Waals surface area (Å²) in [5, 5.41) is 4.79. The number of H-pyrrole nitrogens is 1. The van der Waals surface area contributed by atoms with Crippen LogP contribution >= 0.6 is 0 Å². The quantitative estimate of drug-likeness (QED) is 0.531. The number of carbonyl (C=O) groups excluding carboxylic acids is 1. The van der Waals surface area contributed by atoms with Gasteiger partial charge in [-0.2, -0.15) is 0 Å². The van der Waals surface area contributed by atoms with Gasteiger partial charge in [0, 0.05) is 28.4 Å². The number of aromatic nitrogens is 2. The normalized spacial score (nSPS) is 12.4. The number of aromatic amines is 1. The van der Waals surface area contributed by atoms with Crippen molar-refractivity contribution in [2.24, 2.45) is 0 Å². The molecule has 138 valence electrons. The molecule has 0 saturated carbocycles. The lowest BCUT2D eigenvalue weighted by Crippen LogP contribution is -2.24. The van der Waals surface area contributed by atoms with Crippen LogP contribution in [-0.4, -0.2) is 29.2 Å². The van der Waals surface area contributed by atoms with Gasteiger partial charge in [-0.05, 0) is 30.3 Å². The average molecular weight is 371 g/mol. The summed E-state index contributed by atoms with van der Waals surface area (Å²) in [6.07, 6.45) is 1.64. The molecule has 3 heterocycles. The van der Waals surface area contributed by atoms with Crippen LogP contribution in [0.1, 0.15) is 10.5 Å². The molecule has 0 fully saturated rings. The molecule has 2 N–H and O–H groups in total. The Hall–Kier alpha value is -3.80. The van der Waals surface area contributed by atoms with E-state index in [1.807, 2.05) is 48.5 Å². The standard InChI is InChI=1S/C22H17N3O3/c1-2-9-23-22(26)17-11-15-14-5-3-4-6-16(14)24-21(15)20(25-17)13-7-8-18-19(10-13)28-12-27-18/h2-8,10-11,24H,1,9,12H2,(H,23,26). The first-order valence-electron chi connectivity index (χ1n) is 8.95. The third-order valence-electron chi connectivity index (χ3n) is 4.78. The maximum Gasteiger partial charge on any atom is 0.270 e. The second-order valence-electron chi connectivity index (χ2n) is 6.52. The van der Waals surface area contributed by atoms with Crippen LogP contribution < -0.4 is 14.8 Å². The summed E-state index contributed by atoms with van der Waals surface area (Å²) >= 11 is 0. The minimum Gasteiger partial charge on any atom is -0.454 e. The number of para-hydroxylation sites is 1. The number of hydrogen-bond donors (Lipinski definition) is 2. The first-order chi connectivity index (χ1) is 13.7. The molecule has 0 saturated heterocycles. The van der Waals surface area contributed by atoms with Crippen LogP contribution in [0.25, 0.3) is 33.1 Å². The summed E-state index contributed by atoms with van der Waals surface area (Å²) in [5.74, 6) is 1.13. The van der Waals surface area contributed by atoms with Crippen LogP contribution in [0.15, 0.2) is 61.2 Å². The summed E-state index contributed by atoms with van der Waals surface area (Å²) in [6, 6.07) is 15.5. The zero-order chi connectivity index (χ0) is 19.1. The van der Waals surface area contributed by atoms with Crippen LogP contribution in [0.5, 0.6) is 11.5 Å². The van der Waals surface area contributed by atoms with E-state index in [0.717, 1.165) is 27.4 Å². The molecule has 0 atom stereocenters. The number of nitrogens with zero attached hydrogens (tertiary/aromatic N) is 1. The second-order valence-corrected chi connectivity index (χ2v) is 6.52. The van der Waals surface area contributed by atoms with E-state index in [1.165, 1.54) is 0 Å². The summed E-state index contributed by atoms with van der Waals surface area (Å²) < 4.78 is 10.9. The maximum atomic E-state index is 12.6. The van der Waals surface area contributed by atoms with E-state index in [0.29, 0.717) is 29.4 Å². The predicted octanol–water partition coefficient (Wildman–Crippen LogP) is 4.03. The van der Waals surface area contributed by atoms with Crippen molar-refractivity contribution >= 4 is 27.7 Å². The Kier molecular flexibility index (Phi) is 3.76. The van der Waals surface area contributed by atoms with Crippen molar-refractivity contribution < 1.29 is 14.3 Å². The van der Waals surface area contributed by atoms with Crippen molar-refractivity contribution in [3.05, 3.63) is 66.9 Å². The Morgan fingerprint density at radius 1 is 1.14 bits per heavy atom. The molecule has 28 heavy (non-hydrogen) atoms. The van der Waals surface area contributed by atoms with Crippen molar-refractivity contribution in [3.63, 3.8) is 0 Å². The van der Waals surface area contributed by atoms with Gasteiger partial charge in [0.25, 0.3) is 5.91 Å². The minimum atomic E-state index is -0.242. The lowest BCUT2D eigenvalue weighted by molar-refractivity contribution is 0.0953. The Balaban J connectivity index is 1.76. The third-order valence-corrected chi connectivity index (χ3v) is 4.78. The Labute approximate surface area is 160 Å². The van der Waals surface area contributed by atoms with Crippen LogP contribution in [-0.2, 0) is 0 Å². The topological polar surface area (TPSA) is 76.2 Å². The zero-order valence-electron chi connectivity index (χ0n) is 15.0. The van der Waals surface area contributed by atoms with Gasteiger partial charge in [0.05, 0.1) is 11.2 Å². The molecular formula is C22H17N3O3. The van der Waals surface area contributed by atoms with Crippen molar-refractivity contribution in [3.8, 4) is 22.8 Å². The molecular weight excluding hydrogens is 354 g/mol. The number of nitrogens with one attached hydrogen (secondary N) is 2. The van der Waals surface area contributed by atoms with Crippen LogP contribution in [0.4, 0.5) is 0 Å². The van der Waals surface area contributed by atoms with Crippen molar-refractivity contribution in [2.75, 3.05) is 13.3 Å². The molecule has 5 rings (SSSR count). The van der Waals surface area contributed by atoms with Gasteiger partial charge in [0.2, 0.25) is 6.79 Å². The first kappa shape index (κ1) is 16.4. The van der Waals surface area contributed by atoms with Gasteiger partial charge in [-0.3, -0.25) is 4.79 Å². The summed E-state index contributed by atoms with van der Waals surface area (Å²) in [4.78, 5) is 20.7.